The molecule has 0 spiro atoms. The van der Waals surface area contributed by atoms with Crippen LogP contribution in [0, 0.1) is 20.2 Å². The number of rotatable bonds is 16. The van der Waals surface area contributed by atoms with E-state index >= 15 is 0 Å². The van der Waals surface area contributed by atoms with Gasteiger partial charge in [0.1, 0.15) is 11.5 Å². The highest BCUT2D eigenvalue weighted by Crippen LogP contribution is 2.38. The van der Waals surface area contributed by atoms with Gasteiger partial charge in [-0.2, -0.15) is 0 Å². The first-order chi connectivity index (χ1) is 21.1. The molecule has 46 heavy (non-hydrogen) atoms. The molecule has 0 bridgehead atoms. The van der Waals surface area contributed by atoms with E-state index < -0.39 is 32.6 Å². The molecule has 2 aromatic carbocycles. The van der Waals surface area contributed by atoms with Gasteiger partial charge >= 0.3 is 6.16 Å². The van der Waals surface area contributed by atoms with Gasteiger partial charge in [-0.05, 0) is 86.9 Å². The summed E-state index contributed by atoms with van der Waals surface area (Å²) in [5.74, 6) is 0.319. The van der Waals surface area contributed by atoms with Crippen molar-refractivity contribution >= 4 is 34.2 Å². The van der Waals surface area contributed by atoms with E-state index in [1.54, 1.807) is 0 Å². The molecule has 2 aromatic rings. The normalized spacial score (nSPS) is 12.6. The third-order valence-electron chi connectivity index (χ3n) is 9.12. The minimum atomic E-state index is -1.89. The van der Waals surface area contributed by atoms with Gasteiger partial charge < -0.3 is 18.3 Å². The van der Waals surface area contributed by atoms with E-state index in [0.29, 0.717) is 50.0 Å². The predicted octanol–water partition coefficient (Wildman–Crippen LogP) is 9.77. The van der Waals surface area contributed by atoms with Crippen LogP contribution in [0.4, 0.5) is 16.2 Å². The Hall–Kier alpha value is -3.14. The Kier molecular flexibility index (Phi) is 13.7. The van der Waals surface area contributed by atoms with Crippen LogP contribution < -0.4 is 9.47 Å². The highest BCUT2D eigenvalue weighted by molar-refractivity contribution is 6.74. The summed E-state index contributed by atoms with van der Waals surface area (Å²) in [6.45, 7) is 23.0. The van der Waals surface area contributed by atoms with Gasteiger partial charge in [-0.3, -0.25) is 20.2 Å². The molecule has 0 aromatic heterocycles. The number of benzene rings is 2. The zero-order valence-corrected chi connectivity index (χ0v) is 31.2. The fourth-order valence-electron chi connectivity index (χ4n) is 4.07. The van der Waals surface area contributed by atoms with Crippen LogP contribution in [0.25, 0.3) is 0 Å². The second kappa shape index (κ2) is 16.1. The maximum atomic E-state index is 12.9. The number of nitro benzene ring substituents is 2. The highest BCUT2D eigenvalue weighted by Gasteiger charge is 2.37. The molecule has 0 saturated carbocycles. The largest absolute Gasteiger partial charge is 0.519 e. The Balaban J connectivity index is 2.10. The van der Waals surface area contributed by atoms with Crippen molar-refractivity contribution in [3.63, 3.8) is 0 Å². The minimum absolute atomic E-state index is 0.0943. The Morgan fingerprint density at radius 1 is 0.652 bits per heavy atom. The number of nitro groups is 2. The van der Waals surface area contributed by atoms with Crippen molar-refractivity contribution in [2.45, 2.75) is 116 Å². The Bertz CT molecular complexity index is 1260. The first-order valence-electron chi connectivity index (χ1n) is 15.9. The topological polar surface area (TPSA) is 140 Å². The molecular formula is C33H52N2O9Si2. The van der Waals surface area contributed by atoms with E-state index in [0.717, 1.165) is 12.8 Å². The lowest BCUT2D eigenvalue weighted by Crippen LogP contribution is -2.40. The molecule has 0 aliphatic carbocycles. The summed E-state index contributed by atoms with van der Waals surface area (Å²) < 4.78 is 23.5. The summed E-state index contributed by atoms with van der Waals surface area (Å²) in [5.41, 5.74) is 0.792. The standard InChI is InChI=1S/C33H52N2O9Si2/c1-32(2,3)45(7,8)41-21-13-11-15-25-23-27(34(37)38)17-19-29(25)43-31(36)44-30-20-18-28(35(39)40)24-26(30)16-12-14-22-42-46(9,10)33(4,5)6/h17-20,23-24H,11-16,21-22H2,1-10H3. The molecule has 0 aliphatic heterocycles. The number of hydrogen-bond donors (Lipinski definition) is 0. The lowest BCUT2D eigenvalue weighted by molar-refractivity contribution is -0.385. The van der Waals surface area contributed by atoms with Crippen molar-refractivity contribution in [2.75, 3.05) is 13.2 Å². The van der Waals surface area contributed by atoms with Crippen molar-refractivity contribution in [3.8, 4) is 11.5 Å². The zero-order valence-electron chi connectivity index (χ0n) is 29.2. The van der Waals surface area contributed by atoms with Crippen LogP contribution in [0.3, 0.4) is 0 Å². The molecule has 256 valence electrons. The van der Waals surface area contributed by atoms with Gasteiger partial charge in [0.25, 0.3) is 11.4 Å². The average molecular weight is 677 g/mol. The molecule has 0 heterocycles. The molecule has 0 saturated heterocycles. The fraction of sp³-hybridized carbons (Fsp3) is 0.606. The lowest BCUT2D eigenvalue weighted by Gasteiger charge is -2.36. The average Bonchev–Trinajstić information content (AvgIpc) is 2.92. The van der Waals surface area contributed by atoms with Crippen LogP contribution in [0.2, 0.25) is 36.3 Å². The molecule has 0 radical (unpaired) electrons. The number of nitrogens with zero attached hydrogens (tertiary/aromatic N) is 2. The lowest BCUT2D eigenvalue weighted by atomic mass is 10.1. The number of ether oxygens (including phenoxy) is 2. The van der Waals surface area contributed by atoms with Crippen LogP contribution in [0.1, 0.15) is 78.4 Å². The van der Waals surface area contributed by atoms with E-state index in [1.165, 1.54) is 36.4 Å². The van der Waals surface area contributed by atoms with Crippen LogP contribution >= 0.6 is 0 Å². The van der Waals surface area contributed by atoms with Gasteiger partial charge in [-0.15, -0.1) is 0 Å². The smallest absolute Gasteiger partial charge is 0.417 e. The van der Waals surface area contributed by atoms with Crippen LogP contribution in [-0.4, -0.2) is 45.9 Å². The van der Waals surface area contributed by atoms with Gasteiger partial charge in [0.05, 0.1) is 9.85 Å². The van der Waals surface area contributed by atoms with Crippen LogP contribution in [-0.2, 0) is 21.7 Å². The van der Waals surface area contributed by atoms with Crippen molar-refractivity contribution in [1.29, 1.82) is 0 Å². The Morgan fingerprint density at radius 2 is 1.00 bits per heavy atom. The summed E-state index contributed by atoms with van der Waals surface area (Å²) >= 11 is 0. The molecular weight excluding hydrogens is 625 g/mol. The molecule has 2 rings (SSSR count). The number of hydrogen-bond acceptors (Lipinski definition) is 9. The van der Waals surface area contributed by atoms with Crippen LogP contribution in [0.15, 0.2) is 36.4 Å². The third-order valence-corrected chi connectivity index (χ3v) is 18.2. The summed E-state index contributed by atoms with van der Waals surface area (Å²) in [6.07, 6.45) is 2.67. The molecule has 13 heteroatoms. The van der Waals surface area contributed by atoms with E-state index in [-0.39, 0.29) is 33.0 Å². The number of carbonyl (C=O) groups excluding carboxylic acids is 1. The van der Waals surface area contributed by atoms with Gasteiger partial charge in [0.2, 0.25) is 0 Å². The van der Waals surface area contributed by atoms with Gasteiger partial charge in [-0.1, -0.05) is 41.5 Å². The Morgan fingerprint density at radius 3 is 1.30 bits per heavy atom. The summed E-state index contributed by atoms with van der Waals surface area (Å²) in [5, 5.41) is 23.1. The second-order valence-corrected chi connectivity index (χ2v) is 24.3. The maximum Gasteiger partial charge on any atom is 0.519 e. The van der Waals surface area contributed by atoms with Crippen LogP contribution in [0.5, 0.6) is 11.5 Å². The minimum Gasteiger partial charge on any atom is -0.417 e. The van der Waals surface area contributed by atoms with Crippen molar-refractivity contribution in [2.24, 2.45) is 0 Å². The van der Waals surface area contributed by atoms with E-state index in [1.807, 2.05) is 0 Å². The Labute approximate surface area is 275 Å². The molecule has 0 atom stereocenters. The monoisotopic (exact) mass is 676 g/mol. The SMILES string of the molecule is CC(C)(C)[Si](C)(C)OCCCCc1cc([N+](=O)[O-])ccc1OC(=O)Oc1ccc([N+](=O)[O-])cc1CCCCO[Si](C)(C)C(C)(C)C. The van der Waals surface area contributed by atoms with Crippen molar-refractivity contribution in [1.82, 2.24) is 0 Å². The summed E-state index contributed by atoms with van der Waals surface area (Å²) in [4.78, 5) is 34.8. The van der Waals surface area contributed by atoms with Gasteiger partial charge in [-0.25, -0.2) is 4.79 Å². The highest BCUT2D eigenvalue weighted by atomic mass is 28.4. The first kappa shape index (κ1) is 39.0. The van der Waals surface area contributed by atoms with E-state index in [4.69, 9.17) is 18.3 Å². The molecule has 0 amide bonds. The van der Waals surface area contributed by atoms with Gasteiger partial charge in [0, 0.05) is 48.6 Å². The first-order valence-corrected chi connectivity index (χ1v) is 21.7. The molecule has 0 unspecified atom stereocenters. The number of carbonyl (C=O) groups is 1. The van der Waals surface area contributed by atoms with E-state index in [9.17, 15) is 25.0 Å². The molecule has 0 N–H and O–H groups in total. The predicted molar refractivity (Wildman–Crippen MR) is 185 cm³/mol. The molecule has 0 aliphatic rings. The quantitative estimate of drug-likeness (QED) is 0.0424. The number of non-ortho nitro benzene ring substituents is 2. The second-order valence-electron chi connectivity index (χ2n) is 14.7. The van der Waals surface area contributed by atoms with Crippen molar-refractivity contribution < 1.29 is 33.0 Å². The van der Waals surface area contributed by atoms with Crippen molar-refractivity contribution in [3.05, 3.63) is 67.8 Å². The molecule has 11 nitrogen and oxygen atoms in total. The fourth-order valence-corrected chi connectivity index (χ4v) is 6.25. The maximum absolute atomic E-state index is 12.9. The third kappa shape index (κ3) is 11.6. The number of unbranched alkanes of at least 4 members (excludes halogenated alkanes) is 2. The summed E-state index contributed by atoms with van der Waals surface area (Å²) in [6, 6.07) is 8.13. The van der Waals surface area contributed by atoms with E-state index in [2.05, 4.69) is 67.7 Å². The summed E-state index contributed by atoms with van der Waals surface area (Å²) in [7, 11) is -3.77. The zero-order chi connectivity index (χ0) is 34.9. The van der Waals surface area contributed by atoms with Gasteiger partial charge in [0.15, 0.2) is 16.6 Å². The molecule has 0 fully saturated rings. The number of aryl methyl sites for hydroxylation is 2.